The van der Waals surface area contributed by atoms with E-state index in [0.29, 0.717) is 23.8 Å². The lowest BCUT2D eigenvalue weighted by Gasteiger charge is -2.09. The number of aryl methyl sites for hydroxylation is 1. The van der Waals surface area contributed by atoms with Crippen LogP contribution in [0, 0.1) is 0 Å². The third kappa shape index (κ3) is 3.46. The van der Waals surface area contributed by atoms with Crippen molar-refractivity contribution < 1.29 is 9.53 Å². The third-order valence-corrected chi connectivity index (χ3v) is 4.36. The van der Waals surface area contributed by atoms with E-state index in [4.69, 9.17) is 16.3 Å². The Kier molecular flexibility index (Phi) is 5.21. The molecule has 0 amide bonds. The van der Waals surface area contributed by atoms with Gasteiger partial charge in [-0.25, -0.2) is 0 Å². The summed E-state index contributed by atoms with van der Waals surface area (Å²) in [5.41, 5.74) is 1.90. The van der Waals surface area contributed by atoms with E-state index in [1.165, 1.54) is 0 Å². The second kappa shape index (κ2) is 7.54. The molecule has 0 aliphatic heterocycles. The SMILES string of the molecule is CCC(=O)c1cn(CCCOc2ccccc2Cl)c2ccccc12. The quantitative estimate of drug-likeness (QED) is 0.428. The van der Waals surface area contributed by atoms with Gasteiger partial charge in [0, 0.05) is 35.6 Å². The summed E-state index contributed by atoms with van der Waals surface area (Å²) in [7, 11) is 0. The van der Waals surface area contributed by atoms with E-state index in [0.717, 1.165) is 29.4 Å². The Balaban J connectivity index is 1.69. The van der Waals surface area contributed by atoms with Crippen LogP contribution in [-0.4, -0.2) is 17.0 Å². The highest BCUT2D eigenvalue weighted by Gasteiger charge is 2.13. The minimum atomic E-state index is 0.178. The molecule has 2 aromatic carbocycles. The zero-order valence-corrected chi connectivity index (χ0v) is 14.4. The molecule has 4 heteroatoms. The number of hydrogen-bond acceptors (Lipinski definition) is 2. The van der Waals surface area contributed by atoms with Gasteiger partial charge in [0.2, 0.25) is 0 Å². The maximum absolute atomic E-state index is 12.1. The molecule has 0 aliphatic carbocycles. The monoisotopic (exact) mass is 341 g/mol. The van der Waals surface area contributed by atoms with Gasteiger partial charge in [-0.2, -0.15) is 0 Å². The molecule has 0 N–H and O–H groups in total. The molecule has 0 saturated carbocycles. The predicted octanol–water partition coefficient (Wildman–Crippen LogP) is 5.36. The molecule has 124 valence electrons. The number of ether oxygens (including phenoxy) is 1. The first kappa shape index (κ1) is 16.6. The molecule has 0 unspecified atom stereocenters. The highest BCUT2D eigenvalue weighted by Crippen LogP contribution is 2.24. The minimum absolute atomic E-state index is 0.178. The summed E-state index contributed by atoms with van der Waals surface area (Å²) in [5, 5.41) is 1.65. The van der Waals surface area contributed by atoms with Crippen molar-refractivity contribution in [2.45, 2.75) is 26.3 Å². The maximum Gasteiger partial charge on any atom is 0.164 e. The number of hydrogen-bond donors (Lipinski definition) is 0. The fraction of sp³-hybridized carbons (Fsp3) is 0.250. The lowest BCUT2D eigenvalue weighted by molar-refractivity contribution is 0.0989. The molecule has 0 aliphatic rings. The molecule has 0 spiro atoms. The van der Waals surface area contributed by atoms with E-state index in [1.807, 2.05) is 55.6 Å². The minimum Gasteiger partial charge on any atom is -0.492 e. The average Bonchev–Trinajstić information content (AvgIpc) is 2.98. The third-order valence-electron chi connectivity index (χ3n) is 4.05. The predicted molar refractivity (Wildman–Crippen MR) is 98.1 cm³/mol. The summed E-state index contributed by atoms with van der Waals surface area (Å²) in [6.07, 6.45) is 3.32. The van der Waals surface area contributed by atoms with Gasteiger partial charge in [-0.3, -0.25) is 4.79 Å². The van der Waals surface area contributed by atoms with Gasteiger partial charge in [0.05, 0.1) is 11.6 Å². The number of halogens is 1. The number of carbonyl (C=O) groups is 1. The van der Waals surface area contributed by atoms with Gasteiger partial charge in [-0.05, 0) is 24.6 Å². The Morgan fingerprint density at radius 2 is 1.88 bits per heavy atom. The highest BCUT2D eigenvalue weighted by atomic mass is 35.5. The molecular weight excluding hydrogens is 322 g/mol. The molecular formula is C20H20ClNO2. The van der Waals surface area contributed by atoms with Crippen LogP contribution in [0.25, 0.3) is 10.9 Å². The van der Waals surface area contributed by atoms with Gasteiger partial charge in [0.1, 0.15) is 5.75 Å². The van der Waals surface area contributed by atoms with Crippen molar-refractivity contribution >= 4 is 28.3 Å². The van der Waals surface area contributed by atoms with E-state index in [2.05, 4.69) is 10.6 Å². The van der Waals surface area contributed by atoms with Crippen LogP contribution in [0.15, 0.2) is 54.7 Å². The number of rotatable bonds is 7. The molecule has 0 atom stereocenters. The Labute approximate surface area is 146 Å². The second-order valence-electron chi connectivity index (χ2n) is 5.66. The maximum atomic E-state index is 12.1. The Bertz CT molecular complexity index is 854. The highest BCUT2D eigenvalue weighted by molar-refractivity contribution is 6.32. The van der Waals surface area contributed by atoms with Gasteiger partial charge in [0.25, 0.3) is 0 Å². The van der Waals surface area contributed by atoms with Crippen molar-refractivity contribution in [3.8, 4) is 5.75 Å². The average molecular weight is 342 g/mol. The fourth-order valence-corrected chi connectivity index (χ4v) is 3.01. The smallest absolute Gasteiger partial charge is 0.164 e. The summed E-state index contributed by atoms with van der Waals surface area (Å²) in [6.45, 7) is 3.27. The van der Waals surface area contributed by atoms with E-state index in [1.54, 1.807) is 0 Å². The Morgan fingerprint density at radius 3 is 2.67 bits per heavy atom. The van der Waals surface area contributed by atoms with Crippen LogP contribution in [0.2, 0.25) is 5.02 Å². The first-order valence-corrected chi connectivity index (χ1v) is 8.57. The standard InChI is InChI=1S/C20H20ClNO2/c1-2-19(23)16-14-22(18-10-5-3-8-15(16)18)12-7-13-24-20-11-6-4-9-17(20)21/h3-6,8-11,14H,2,7,12-13H2,1H3. The van der Waals surface area contributed by atoms with E-state index in [9.17, 15) is 4.79 Å². The van der Waals surface area contributed by atoms with Crippen molar-refractivity contribution in [1.29, 1.82) is 0 Å². The lowest BCUT2D eigenvalue weighted by Crippen LogP contribution is -2.04. The van der Waals surface area contributed by atoms with Crippen LogP contribution < -0.4 is 4.74 Å². The van der Waals surface area contributed by atoms with Crippen LogP contribution in [0.5, 0.6) is 5.75 Å². The lowest BCUT2D eigenvalue weighted by atomic mass is 10.1. The van der Waals surface area contributed by atoms with Crippen LogP contribution in [-0.2, 0) is 6.54 Å². The van der Waals surface area contributed by atoms with Crippen LogP contribution in [0.1, 0.15) is 30.1 Å². The zero-order valence-electron chi connectivity index (χ0n) is 13.7. The zero-order chi connectivity index (χ0) is 16.9. The molecule has 0 bridgehead atoms. The van der Waals surface area contributed by atoms with E-state index >= 15 is 0 Å². The largest absolute Gasteiger partial charge is 0.492 e. The molecule has 3 nitrogen and oxygen atoms in total. The first-order chi connectivity index (χ1) is 11.7. The molecule has 24 heavy (non-hydrogen) atoms. The normalized spacial score (nSPS) is 10.9. The second-order valence-corrected chi connectivity index (χ2v) is 6.07. The molecule has 1 heterocycles. The molecule has 3 aromatic rings. The van der Waals surface area contributed by atoms with Crippen LogP contribution in [0.4, 0.5) is 0 Å². The van der Waals surface area contributed by atoms with Crippen molar-refractivity contribution in [3.63, 3.8) is 0 Å². The number of para-hydroxylation sites is 2. The summed E-state index contributed by atoms with van der Waals surface area (Å²) in [5.74, 6) is 0.885. The first-order valence-electron chi connectivity index (χ1n) is 8.19. The molecule has 1 aromatic heterocycles. The number of carbonyl (C=O) groups excluding carboxylic acids is 1. The molecule has 0 radical (unpaired) electrons. The Hall–Kier alpha value is -2.26. The van der Waals surface area contributed by atoms with Gasteiger partial charge in [-0.1, -0.05) is 48.9 Å². The van der Waals surface area contributed by atoms with Crippen molar-refractivity contribution in [3.05, 3.63) is 65.3 Å². The number of aromatic nitrogens is 1. The van der Waals surface area contributed by atoms with Crippen LogP contribution in [0.3, 0.4) is 0 Å². The number of Topliss-reactive ketones (excluding diaryl/α,β-unsaturated/α-hetero) is 1. The van der Waals surface area contributed by atoms with Gasteiger partial charge in [-0.15, -0.1) is 0 Å². The van der Waals surface area contributed by atoms with E-state index in [-0.39, 0.29) is 5.78 Å². The molecule has 0 saturated heterocycles. The van der Waals surface area contributed by atoms with Crippen molar-refractivity contribution in [2.75, 3.05) is 6.61 Å². The molecule has 0 fully saturated rings. The van der Waals surface area contributed by atoms with Gasteiger partial charge >= 0.3 is 0 Å². The van der Waals surface area contributed by atoms with Gasteiger partial charge < -0.3 is 9.30 Å². The Morgan fingerprint density at radius 1 is 1.12 bits per heavy atom. The van der Waals surface area contributed by atoms with Crippen molar-refractivity contribution in [2.24, 2.45) is 0 Å². The van der Waals surface area contributed by atoms with Crippen molar-refractivity contribution in [1.82, 2.24) is 4.57 Å². The van der Waals surface area contributed by atoms with Crippen LogP contribution >= 0.6 is 11.6 Å². The summed E-state index contributed by atoms with van der Waals surface area (Å²) < 4.78 is 7.87. The van der Waals surface area contributed by atoms with E-state index < -0.39 is 0 Å². The summed E-state index contributed by atoms with van der Waals surface area (Å²) in [4.78, 5) is 12.1. The number of ketones is 1. The summed E-state index contributed by atoms with van der Waals surface area (Å²) >= 11 is 6.08. The summed E-state index contributed by atoms with van der Waals surface area (Å²) in [6, 6.07) is 15.5. The number of benzene rings is 2. The topological polar surface area (TPSA) is 31.2 Å². The number of fused-ring (bicyclic) bond motifs is 1. The fourth-order valence-electron chi connectivity index (χ4n) is 2.82. The molecule has 3 rings (SSSR count). The van der Waals surface area contributed by atoms with Gasteiger partial charge in [0.15, 0.2) is 5.78 Å². The number of nitrogens with zero attached hydrogens (tertiary/aromatic N) is 1.